The van der Waals surface area contributed by atoms with E-state index in [2.05, 4.69) is 30.4 Å². The first-order valence-corrected chi connectivity index (χ1v) is 10.7. The van der Waals surface area contributed by atoms with E-state index in [1.807, 2.05) is 0 Å². The van der Waals surface area contributed by atoms with Gasteiger partial charge >= 0.3 is 5.97 Å². The molecule has 0 heterocycles. The average Bonchev–Trinajstić information content (AvgIpc) is 2.87. The normalized spacial score (nSPS) is 11.3. The molecule has 0 N–H and O–H groups in total. The van der Waals surface area contributed by atoms with Gasteiger partial charge in [0.2, 0.25) is 11.6 Å². The second-order valence-electron chi connectivity index (χ2n) is 7.68. The summed E-state index contributed by atoms with van der Waals surface area (Å²) in [7, 11) is 0.886. The smallest absolute Gasteiger partial charge is 0.343 e. The fourth-order valence-electron chi connectivity index (χ4n) is 2.85. The van der Waals surface area contributed by atoms with Crippen LogP contribution >= 0.6 is 0 Å². The van der Waals surface area contributed by atoms with Crippen LogP contribution in [0.2, 0.25) is 0 Å². The summed E-state index contributed by atoms with van der Waals surface area (Å²) in [6.45, 7) is 4.76. The number of hydrogen-bond acceptors (Lipinski definition) is 4. The molecule has 0 fully saturated rings. The van der Waals surface area contributed by atoms with Crippen molar-refractivity contribution >= 4 is 5.97 Å². The number of hydrogen-bond donors (Lipinski definition) is 0. The summed E-state index contributed by atoms with van der Waals surface area (Å²) in [5.74, 6) is -2.57. The van der Waals surface area contributed by atoms with Gasteiger partial charge in [0, 0.05) is 5.56 Å². The van der Waals surface area contributed by atoms with Gasteiger partial charge in [-0.05, 0) is 54.4 Å². The molecule has 0 saturated carbocycles. The zero-order valence-electron chi connectivity index (χ0n) is 19.3. The SMILES string of the molecule is CC[C@H](C)COc1ccc(OC(=O)c2ccc(C#Cc3c(F)c(F)c(OC)c(F)c3F)cc2)cc1. The van der Waals surface area contributed by atoms with Crippen molar-refractivity contribution in [3.8, 4) is 29.1 Å². The lowest BCUT2D eigenvalue weighted by atomic mass is 10.1. The minimum absolute atomic E-state index is 0.201. The summed E-state index contributed by atoms with van der Waals surface area (Å²) in [5, 5.41) is 0. The molecule has 0 bridgehead atoms. The van der Waals surface area contributed by atoms with Crippen LogP contribution in [0, 0.1) is 41.0 Å². The maximum atomic E-state index is 14.1. The molecule has 0 spiro atoms. The molecule has 0 saturated heterocycles. The maximum Gasteiger partial charge on any atom is 0.343 e. The standard InChI is InChI=1S/C27H22F4O4/c1-4-16(2)15-34-19-10-12-20(13-11-19)35-27(32)18-8-5-17(6-9-18)7-14-21-22(28)24(30)26(33-3)25(31)23(21)29/h5-6,8-13,16H,4,15H2,1-3H3/t16-/m0/s1. The van der Waals surface area contributed by atoms with Gasteiger partial charge in [-0.1, -0.05) is 32.1 Å². The number of carbonyl (C=O) groups excluding carboxylic acids is 1. The van der Waals surface area contributed by atoms with Gasteiger partial charge < -0.3 is 14.2 Å². The van der Waals surface area contributed by atoms with Crippen LogP contribution in [0.15, 0.2) is 48.5 Å². The molecule has 0 amide bonds. The summed E-state index contributed by atoms with van der Waals surface area (Å²) >= 11 is 0. The van der Waals surface area contributed by atoms with Crippen LogP contribution < -0.4 is 14.2 Å². The molecular weight excluding hydrogens is 464 g/mol. The summed E-state index contributed by atoms with van der Waals surface area (Å²) in [4.78, 5) is 12.4. The molecule has 0 aliphatic rings. The summed E-state index contributed by atoms with van der Waals surface area (Å²) in [5.41, 5.74) is -0.618. The molecule has 0 radical (unpaired) electrons. The summed E-state index contributed by atoms with van der Waals surface area (Å²) in [6.07, 6.45) is 1.01. The van der Waals surface area contributed by atoms with Crippen LogP contribution in [0.5, 0.6) is 17.2 Å². The van der Waals surface area contributed by atoms with E-state index in [0.29, 0.717) is 24.0 Å². The van der Waals surface area contributed by atoms with E-state index in [1.54, 1.807) is 24.3 Å². The van der Waals surface area contributed by atoms with E-state index < -0.39 is 40.6 Å². The number of carbonyl (C=O) groups is 1. The Morgan fingerprint density at radius 3 is 1.97 bits per heavy atom. The fourth-order valence-corrected chi connectivity index (χ4v) is 2.85. The Bertz CT molecular complexity index is 1230. The number of esters is 1. The van der Waals surface area contributed by atoms with Crippen LogP contribution in [0.3, 0.4) is 0 Å². The second kappa shape index (κ2) is 11.4. The van der Waals surface area contributed by atoms with Crippen molar-refractivity contribution in [2.45, 2.75) is 20.3 Å². The average molecular weight is 486 g/mol. The predicted octanol–water partition coefficient (Wildman–Crippen LogP) is 6.30. The van der Waals surface area contributed by atoms with Crippen molar-refractivity contribution < 1.29 is 36.6 Å². The highest BCUT2D eigenvalue weighted by atomic mass is 19.2. The molecule has 0 aliphatic carbocycles. The van der Waals surface area contributed by atoms with Crippen molar-refractivity contribution in [3.63, 3.8) is 0 Å². The van der Waals surface area contributed by atoms with Gasteiger partial charge in [0.1, 0.15) is 17.1 Å². The van der Waals surface area contributed by atoms with Gasteiger partial charge in [-0.2, -0.15) is 8.78 Å². The lowest BCUT2D eigenvalue weighted by Gasteiger charge is -2.11. The monoisotopic (exact) mass is 486 g/mol. The van der Waals surface area contributed by atoms with Gasteiger partial charge in [-0.3, -0.25) is 0 Å². The van der Waals surface area contributed by atoms with Crippen LogP contribution in [-0.4, -0.2) is 19.7 Å². The zero-order chi connectivity index (χ0) is 25.5. The Kier molecular flexibility index (Phi) is 8.37. The Hall–Kier alpha value is -3.99. The minimum Gasteiger partial charge on any atom is -0.493 e. The van der Waals surface area contributed by atoms with Gasteiger partial charge in [-0.25, -0.2) is 13.6 Å². The molecule has 3 aromatic rings. The predicted molar refractivity (Wildman–Crippen MR) is 122 cm³/mol. The number of benzene rings is 3. The molecule has 3 rings (SSSR count). The number of rotatable bonds is 7. The Balaban J connectivity index is 1.68. The largest absolute Gasteiger partial charge is 0.493 e. The summed E-state index contributed by atoms with van der Waals surface area (Å²) in [6, 6.07) is 12.2. The minimum atomic E-state index is -1.68. The van der Waals surface area contributed by atoms with Gasteiger partial charge in [0.05, 0.1) is 19.3 Å². The first-order valence-electron chi connectivity index (χ1n) is 10.7. The van der Waals surface area contributed by atoms with Crippen molar-refractivity contribution in [2.75, 3.05) is 13.7 Å². The second-order valence-corrected chi connectivity index (χ2v) is 7.68. The highest BCUT2D eigenvalue weighted by molar-refractivity contribution is 5.91. The molecule has 182 valence electrons. The number of methoxy groups -OCH3 is 1. The maximum absolute atomic E-state index is 14.1. The number of ether oxygens (including phenoxy) is 3. The molecule has 0 unspecified atom stereocenters. The van der Waals surface area contributed by atoms with Gasteiger partial charge in [0.25, 0.3) is 0 Å². The molecule has 0 aliphatic heterocycles. The molecule has 3 aromatic carbocycles. The van der Waals surface area contributed by atoms with E-state index in [9.17, 15) is 22.4 Å². The molecule has 8 heteroatoms. The topological polar surface area (TPSA) is 44.8 Å². The number of halogens is 4. The Labute approximate surface area is 200 Å². The molecular formula is C27H22F4O4. The third kappa shape index (κ3) is 6.12. The third-order valence-corrected chi connectivity index (χ3v) is 5.15. The Morgan fingerprint density at radius 1 is 0.857 bits per heavy atom. The highest BCUT2D eigenvalue weighted by Crippen LogP contribution is 2.29. The zero-order valence-corrected chi connectivity index (χ0v) is 19.3. The lowest BCUT2D eigenvalue weighted by Crippen LogP contribution is -2.09. The first kappa shape index (κ1) is 25.6. The van der Waals surface area contributed by atoms with Gasteiger partial charge in [0.15, 0.2) is 17.4 Å². The van der Waals surface area contributed by atoms with Crippen molar-refractivity contribution in [3.05, 3.63) is 88.5 Å². The van der Waals surface area contributed by atoms with E-state index in [1.165, 1.54) is 24.3 Å². The Morgan fingerprint density at radius 2 is 1.43 bits per heavy atom. The first-order chi connectivity index (χ1) is 16.7. The highest BCUT2D eigenvalue weighted by Gasteiger charge is 2.25. The van der Waals surface area contributed by atoms with Crippen molar-refractivity contribution in [1.82, 2.24) is 0 Å². The van der Waals surface area contributed by atoms with Gasteiger partial charge in [-0.15, -0.1) is 0 Å². The van der Waals surface area contributed by atoms with Crippen LogP contribution in [0.1, 0.15) is 41.8 Å². The van der Waals surface area contributed by atoms with E-state index >= 15 is 0 Å². The molecule has 4 nitrogen and oxygen atoms in total. The van der Waals surface area contributed by atoms with Crippen molar-refractivity contribution in [2.24, 2.45) is 5.92 Å². The van der Waals surface area contributed by atoms with Crippen LogP contribution in [-0.2, 0) is 0 Å². The fraction of sp³-hybridized carbons (Fsp3) is 0.222. The van der Waals surface area contributed by atoms with E-state index in [-0.39, 0.29) is 11.1 Å². The van der Waals surface area contributed by atoms with Crippen molar-refractivity contribution in [1.29, 1.82) is 0 Å². The molecule has 35 heavy (non-hydrogen) atoms. The molecule has 0 aromatic heterocycles. The quantitative estimate of drug-likeness (QED) is 0.129. The van der Waals surface area contributed by atoms with Crippen LogP contribution in [0.4, 0.5) is 17.6 Å². The summed E-state index contributed by atoms with van der Waals surface area (Å²) < 4.78 is 71.1. The molecule has 1 atom stereocenters. The lowest BCUT2D eigenvalue weighted by molar-refractivity contribution is 0.0734. The van der Waals surface area contributed by atoms with E-state index in [4.69, 9.17) is 9.47 Å². The third-order valence-electron chi connectivity index (χ3n) is 5.15. The van der Waals surface area contributed by atoms with E-state index in [0.717, 1.165) is 13.5 Å². The van der Waals surface area contributed by atoms with Crippen LogP contribution in [0.25, 0.3) is 0 Å².